The normalized spacial score (nSPS) is 9.62. The third kappa shape index (κ3) is 16.9. The quantitative estimate of drug-likeness (QED) is 0.412. The standard InChI is InChI=1S/C12H11NO.C8H10.C4H10.4C2H6.H2/c1-7(2)9-4-5-11-10(6-9)8(3)12(14)13-11;1-7-5-3-4-6-8(7)2;1-4(2)3;4*1-2;/h4-6H,1,3H2,2H3,(H,13,14);3-6H,1-2H3;4H,1-3H3;4*1-2H3;1H. The average molecular weight is 472 g/mol. The monoisotopic (exact) mass is 471 g/mol. The first-order valence-corrected chi connectivity index (χ1v) is 13.0. The maximum absolute atomic E-state index is 11.3. The number of allylic oxidation sites excluding steroid dienone is 1. The second kappa shape index (κ2) is 25.0. The van der Waals surface area contributed by atoms with Gasteiger partial charge in [0, 0.05) is 18.3 Å². The van der Waals surface area contributed by atoms with E-state index in [9.17, 15) is 4.79 Å². The van der Waals surface area contributed by atoms with E-state index >= 15 is 0 Å². The highest BCUT2D eigenvalue weighted by atomic mass is 16.1. The molecule has 1 aliphatic heterocycles. The van der Waals surface area contributed by atoms with Crippen molar-refractivity contribution in [1.29, 1.82) is 0 Å². The second-order valence-electron chi connectivity index (χ2n) is 7.29. The molecule has 0 aromatic heterocycles. The van der Waals surface area contributed by atoms with Crippen molar-refractivity contribution in [2.45, 2.75) is 96.9 Å². The van der Waals surface area contributed by atoms with E-state index in [1.54, 1.807) is 0 Å². The predicted octanol–water partition coefficient (Wildman–Crippen LogP) is 11.0. The number of carbonyl (C=O) groups is 1. The SMILES string of the molecule is C=C(C)c1ccc2c(c1)C(=C)C(=O)N2.CC.CC.CC.CC.CC(C)C.Cc1ccccc1C.[HH]. The third-order valence-corrected chi connectivity index (χ3v) is 3.79. The van der Waals surface area contributed by atoms with Gasteiger partial charge >= 0.3 is 0 Å². The Kier molecular flexibility index (Phi) is 28.4. The molecule has 0 saturated carbocycles. The molecule has 0 fully saturated rings. The summed E-state index contributed by atoms with van der Waals surface area (Å²) >= 11 is 0. The van der Waals surface area contributed by atoms with Crippen molar-refractivity contribution >= 4 is 22.7 Å². The van der Waals surface area contributed by atoms with Gasteiger partial charge in [0.15, 0.2) is 0 Å². The molecule has 1 N–H and O–H groups in total. The average Bonchev–Trinajstić information content (AvgIpc) is 3.14. The lowest BCUT2D eigenvalue weighted by molar-refractivity contribution is -0.110. The van der Waals surface area contributed by atoms with Gasteiger partial charge in [-0.25, -0.2) is 0 Å². The van der Waals surface area contributed by atoms with Crippen LogP contribution < -0.4 is 5.32 Å². The van der Waals surface area contributed by atoms with Crippen LogP contribution in [-0.4, -0.2) is 5.91 Å². The Morgan fingerprint density at radius 2 is 1.21 bits per heavy atom. The van der Waals surface area contributed by atoms with Crippen molar-refractivity contribution in [1.82, 2.24) is 0 Å². The van der Waals surface area contributed by atoms with Crippen LogP contribution in [0.4, 0.5) is 5.69 Å². The summed E-state index contributed by atoms with van der Waals surface area (Å²) in [5, 5.41) is 2.75. The zero-order chi connectivity index (χ0) is 27.9. The largest absolute Gasteiger partial charge is 0.321 e. The summed E-state index contributed by atoms with van der Waals surface area (Å²) in [6.45, 7) is 36.3. The van der Waals surface area contributed by atoms with Gasteiger partial charge in [-0.1, -0.05) is 125 Å². The predicted molar refractivity (Wildman–Crippen MR) is 163 cm³/mol. The van der Waals surface area contributed by atoms with Crippen molar-refractivity contribution in [3.05, 3.63) is 77.9 Å². The molecule has 3 rings (SSSR count). The Bertz CT molecular complexity index is 783. The number of hydrogen-bond acceptors (Lipinski definition) is 1. The fraction of sp³-hybridized carbons (Fsp3) is 0.469. The lowest BCUT2D eigenvalue weighted by atomic mass is 10.0. The van der Waals surface area contributed by atoms with Gasteiger partial charge in [0.05, 0.1) is 0 Å². The molecule has 1 aliphatic rings. The number of rotatable bonds is 1. The van der Waals surface area contributed by atoms with Crippen LogP contribution in [0.5, 0.6) is 0 Å². The fourth-order valence-electron chi connectivity index (χ4n) is 2.15. The minimum absolute atomic E-state index is 0. The van der Waals surface area contributed by atoms with Gasteiger partial charge in [0.25, 0.3) is 5.91 Å². The molecule has 2 aromatic rings. The first-order chi connectivity index (χ1) is 16.1. The zero-order valence-electron chi connectivity index (χ0n) is 24.9. The Hall–Kier alpha value is -2.61. The highest BCUT2D eigenvalue weighted by Gasteiger charge is 2.21. The molecule has 0 saturated heterocycles. The van der Waals surface area contributed by atoms with Crippen molar-refractivity contribution in [2.24, 2.45) is 5.92 Å². The Labute approximate surface area is 215 Å². The molecule has 0 spiro atoms. The minimum Gasteiger partial charge on any atom is -0.321 e. The molecule has 2 nitrogen and oxygen atoms in total. The summed E-state index contributed by atoms with van der Waals surface area (Å²) < 4.78 is 0. The minimum atomic E-state index is -0.112. The molecule has 0 radical (unpaired) electrons. The molecule has 196 valence electrons. The molecule has 34 heavy (non-hydrogen) atoms. The van der Waals surface area contributed by atoms with E-state index in [0.717, 1.165) is 28.3 Å². The van der Waals surface area contributed by atoms with Crippen molar-refractivity contribution in [2.75, 3.05) is 5.32 Å². The van der Waals surface area contributed by atoms with Crippen molar-refractivity contribution in [3.8, 4) is 0 Å². The molecular weight excluding hydrogens is 414 g/mol. The highest BCUT2D eigenvalue weighted by Crippen LogP contribution is 2.32. The van der Waals surface area contributed by atoms with Crippen LogP contribution >= 0.6 is 0 Å². The molecule has 0 aliphatic carbocycles. The van der Waals surface area contributed by atoms with Crippen LogP contribution in [0.3, 0.4) is 0 Å². The third-order valence-electron chi connectivity index (χ3n) is 3.79. The van der Waals surface area contributed by atoms with Gasteiger partial charge < -0.3 is 5.32 Å². The van der Waals surface area contributed by atoms with E-state index in [2.05, 4.69) is 77.4 Å². The van der Waals surface area contributed by atoms with Crippen LogP contribution in [0.1, 0.15) is 107 Å². The van der Waals surface area contributed by atoms with Crippen LogP contribution in [0, 0.1) is 19.8 Å². The van der Waals surface area contributed by atoms with Gasteiger partial charge in [-0.3, -0.25) is 4.79 Å². The summed E-state index contributed by atoms with van der Waals surface area (Å²) in [5.41, 5.74) is 7.02. The fourth-order valence-corrected chi connectivity index (χ4v) is 2.15. The highest BCUT2D eigenvalue weighted by molar-refractivity contribution is 6.31. The van der Waals surface area contributed by atoms with E-state index in [4.69, 9.17) is 0 Å². The van der Waals surface area contributed by atoms with Crippen molar-refractivity contribution < 1.29 is 6.22 Å². The number of nitrogens with one attached hydrogen (secondary N) is 1. The first kappa shape index (κ1) is 38.6. The summed E-state index contributed by atoms with van der Waals surface area (Å²) in [4.78, 5) is 11.3. The Balaban J connectivity index is -0.000000123. The molecule has 2 aromatic carbocycles. The molecular formula is C32H57NO. The maximum Gasteiger partial charge on any atom is 0.255 e. The van der Waals surface area contributed by atoms with Crippen LogP contribution in [0.25, 0.3) is 11.1 Å². The number of anilines is 1. The topological polar surface area (TPSA) is 29.1 Å². The summed E-state index contributed by atoms with van der Waals surface area (Å²) in [7, 11) is 0. The molecule has 0 atom stereocenters. The van der Waals surface area contributed by atoms with Crippen LogP contribution in [-0.2, 0) is 4.79 Å². The second-order valence-corrected chi connectivity index (χ2v) is 7.29. The summed E-state index contributed by atoms with van der Waals surface area (Å²) in [6, 6.07) is 14.1. The Morgan fingerprint density at radius 3 is 1.53 bits per heavy atom. The van der Waals surface area contributed by atoms with Crippen LogP contribution in [0.2, 0.25) is 0 Å². The van der Waals surface area contributed by atoms with E-state index in [1.807, 2.05) is 80.5 Å². The number of carbonyl (C=O) groups excluding carboxylic acids is 1. The summed E-state index contributed by atoms with van der Waals surface area (Å²) in [5.74, 6) is 0.721. The molecule has 0 unspecified atom stereocenters. The number of aryl methyl sites for hydroxylation is 2. The number of hydrogen-bond donors (Lipinski definition) is 1. The Morgan fingerprint density at radius 1 is 0.824 bits per heavy atom. The smallest absolute Gasteiger partial charge is 0.255 e. The van der Waals surface area contributed by atoms with E-state index in [1.165, 1.54) is 11.1 Å². The van der Waals surface area contributed by atoms with Gasteiger partial charge in [-0.15, -0.1) is 0 Å². The molecule has 0 bridgehead atoms. The van der Waals surface area contributed by atoms with E-state index in [0.29, 0.717) is 5.57 Å². The lowest BCUT2D eigenvalue weighted by Crippen LogP contribution is -2.02. The van der Waals surface area contributed by atoms with Gasteiger partial charge in [0.1, 0.15) is 0 Å². The number of benzene rings is 2. The van der Waals surface area contributed by atoms with E-state index in [-0.39, 0.29) is 7.33 Å². The number of amides is 1. The number of fused-ring (bicyclic) bond motifs is 1. The van der Waals surface area contributed by atoms with Gasteiger partial charge in [-0.05, 0) is 55.5 Å². The van der Waals surface area contributed by atoms with Crippen LogP contribution in [0.15, 0.2) is 55.6 Å². The maximum atomic E-state index is 11.3. The zero-order valence-corrected chi connectivity index (χ0v) is 24.9. The summed E-state index contributed by atoms with van der Waals surface area (Å²) in [6.07, 6.45) is 0. The van der Waals surface area contributed by atoms with Gasteiger partial charge in [-0.2, -0.15) is 0 Å². The molecule has 2 heteroatoms. The first-order valence-electron chi connectivity index (χ1n) is 13.0. The molecule has 1 heterocycles. The molecule has 1 amide bonds. The van der Waals surface area contributed by atoms with Crippen molar-refractivity contribution in [3.63, 3.8) is 0 Å². The lowest BCUT2D eigenvalue weighted by Gasteiger charge is -2.02. The van der Waals surface area contributed by atoms with E-state index < -0.39 is 0 Å². The van der Waals surface area contributed by atoms with Gasteiger partial charge in [0.2, 0.25) is 0 Å².